The largest absolute Gasteiger partial charge is 0.463 e. The molecular formula is C17H20ClNO8. The second kappa shape index (κ2) is 9.01. The van der Waals surface area contributed by atoms with Crippen LogP contribution in [0.4, 0.5) is 5.69 Å². The minimum atomic E-state index is -1.01. The number of ether oxygens (including phenoxy) is 4. The lowest BCUT2D eigenvalue weighted by Crippen LogP contribution is -2.49. The summed E-state index contributed by atoms with van der Waals surface area (Å²) in [6.45, 7) is 4.46. The summed E-state index contributed by atoms with van der Waals surface area (Å²) in [6, 6.07) is 3.73. The van der Waals surface area contributed by atoms with Crippen LogP contribution in [-0.2, 0) is 23.8 Å². The van der Waals surface area contributed by atoms with E-state index in [0.29, 0.717) is 6.42 Å². The number of rotatable bonds is 6. The van der Waals surface area contributed by atoms with Gasteiger partial charge >= 0.3 is 11.9 Å². The van der Waals surface area contributed by atoms with Crippen molar-refractivity contribution in [3.63, 3.8) is 0 Å². The lowest BCUT2D eigenvalue weighted by molar-refractivity contribution is -0.384. The summed E-state index contributed by atoms with van der Waals surface area (Å²) in [5.41, 5.74) is -0.185. The lowest BCUT2D eigenvalue weighted by atomic mass is 9.94. The number of carbonyl (C=O) groups excluding carboxylic acids is 2. The third kappa shape index (κ3) is 5.80. The van der Waals surface area contributed by atoms with Crippen molar-refractivity contribution in [2.24, 2.45) is 5.92 Å². The minimum Gasteiger partial charge on any atom is -0.463 e. The average molecular weight is 402 g/mol. The van der Waals surface area contributed by atoms with Gasteiger partial charge in [0.15, 0.2) is 6.10 Å². The van der Waals surface area contributed by atoms with E-state index in [1.807, 2.05) is 6.92 Å². The summed E-state index contributed by atoms with van der Waals surface area (Å²) >= 11 is 6.05. The summed E-state index contributed by atoms with van der Waals surface area (Å²) in [6.07, 6.45) is -1.77. The predicted octanol–water partition coefficient (Wildman–Crippen LogP) is 2.87. The van der Waals surface area contributed by atoms with Gasteiger partial charge in [-0.3, -0.25) is 19.7 Å². The summed E-state index contributed by atoms with van der Waals surface area (Å²) in [7, 11) is 0. The normalized spacial score (nSPS) is 24.7. The Balaban J connectivity index is 2.18. The number of esters is 2. The van der Waals surface area contributed by atoms with Gasteiger partial charge in [0.2, 0.25) is 6.29 Å². The van der Waals surface area contributed by atoms with Gasteiger partial charge in [0.1, 0.15) is 12.4 Å². The van der Waals surface area contributed by atoms with Crippen LogP contribution in [0.25, 0.3) is 0 Å². The maximum absolute atomic E-state index is 11.4. The fourth-order valence-electron chi connectivity index (χ4n) is 2.67. The molecular weight excluding hydrogens is 382 g/mol. The van der Waals surface area contributed by atoms with E-state index >= 15 is 0 Å². The highest BCUT2D eigenvalue weighted by Gasteiger charge is 2.40. The molecule has 9 nitrogen and oxygen atoms in total. The van der Waals surface area contributed by atoms with Crippen LogP contribution in [-0.4, -0.2) is 42.0 Å². The first-order valence-corrected chi connectivity index (χ1v) is 8.61. The molecule has 0 radical (unpaired) electrons. The molecule has 0 aliphatic carbocycles. The van der Waals surface area contributed by atoms with Crippen molar-refractivity contribution < 1.29 is 33.5 Å². The topological polar surface area (TPSA) is 114 Å². The Morgan fingerprint density at radius 2 is 2.04 bits per heavy atom. The van der Waals surface area contributed by atoms with Crippen molar-refractivity contribution in [1.29, 1.82) is 0 Å². The Morgan fingerprint density at radius 3 is 2.59 bits per heavy atom. The molecule has 1 heterocycles. The number of nitro benzene ring substituents is 1. The zero-order valence-electron chi connectivity index (χ0n) is 15.0. The predicted molar refractivity (Wildman–Crippen MR) is 93.4 cm³/mol. The van der Waals surface area contributed by atoms with E-state index in [-0.39, 0.29) is 29.0 Å². The van der Waals surface area contributed by atoms with E-state index in [1.54, 1.807) is 0 Å². The van der Waals surface area contributed by atoms with E-state index in [2.05, 4.69) is 0 Å². The van der Waals surface area contributed by atoms with E-state index in [9.17, 15) is 19.7 Å². The van der Waals surface area contributed by atoms with Crippen molar-refractivity contribution in [2.45, 2.75) is 45.7 Å². The molecule has 0 aromatic heterocycles. The first-order chi connectivity index (χ1) is 12.7. The summed E-state index contributed by atoms with van der Waals surface area (Å²) < 4.78 is 21.8. The van der Waals surface area contributed by atoms with Gasteiger partial charge in [0, 0.05) is 26.0 Å². The number of nitrogens with zero attached hydrogens (tertiary/aromatic N) is 1. The highest BCUT2D eigenvalue weighted by Crippen LogP contribution is 2.34. The molecule has 0 amide bonds. The molecule has 2 unspecified atom stereocenters. The van der Waals surface area contributed by atoms with E-state index in [0.717, 1.165) is 6.07 Å². The smallest absolute Gasteiger partial charge is 0.303 e. The number of hydrogen-bond acceptors (Lipinski definition) is 8. The van der Waals surface area contributed by atoms with Gasteiger partial charge in [-0.15, -0.1) is 0 Å². The van der Waals surface area contributed by atoms with Gasteiger partial charge in [-0.05, 0) is 18.4 Å². The Hall–Kier alpha value is -2.39. The van der Waals surface area contributed by atoms with Crippen molar-refractivity contribution in [3.05, 3.63) is 33.3 Å². The number of halogens is 1. The summed E-state index contributed by atoms with van der Waals surface area (Å²) in [4.78, 5) is 32.7. The fourth-order valence-corrected chi connectivity index (χ4v) is 2.89. The third-order valence-electron chi connectivity index (χ3n) is 3.99. The first kappa shape index (κ1) is 20.9. The number of nitro groups is 1. The maximum atomic E-state index is 11.4. The summed E-state index contributed by atoms with van der Waals surface area (Å²) in [5, 5.41) is 10.8. The molecule has 0 N–H and O–H groups in total. The van der Waals surface area contributed by atoms with Gasteiger partial charge in [-0.2, -0.15) is 0 Å². The van der Waals surface area contributed by atoms with Gasteiger partial charge in [0.05, 0.1) is 16.0 Å². The Kier molecular flexibility index (Phi) is 6.98. The number of carbonyl (C=O) groups is 2. The van der Waals surface area contributed by atoms with Gasteiger partial charge in [-0.25, -0.2) is 0 Å². The first-order valence-electron chi connectivity index (χ1n) is 8.24. The maximum Gasteiger partial charge on any atom is 0.303 e. The average Bonchev–Trinajstić information content (AvgIpc) is 2.56. The molecule has 1 fully saturated rings. The highest BCUT2D eigenvalue weighted by atomic mass is 35.5. The third-order valence-corrected chi connectivity index (χ3v) is 4.28. The van der Waals surface area contributed by atoms with Gasteiger partial charge < -0.3 is 18.9 Å². The van der Waals surface area contributed by atoms with Gasteiger partial charge in [0.25, 0.3) is 5.69 Å². The van der Waals surface area contributed by atoms with Crippen LogP contribution < -0.4 is 4.74 Å². The Morgan fingerprint density at radius 1 is 1.33 bits per heavy atom. The molecule has 10 heteroatoms. The van der Waals surface area contributed by atoms with Crippen LogP contribution in [0.15, 0.2) is 18.2 Å². The Bertz CT molecular complexity index is 725. The standard InChI is InChI=1S/C17H20ClNO8/c1-9-6-15(25-11(3)21)17(27-16(9)8-24-10(2)20)26-14-5-4-12(19(22)23)7-13(14)18/h4-5,7,9,15-17H,6,8H2,1-3H3/t9-,15?,16?,17+/m0/s1. The molecule has 4 atom stereocenters. The molecule has 1 saturated heterocycles. The Labute approximate surface area is 160 Å². The number of benzene rings is 1. The van der Waals surface area contributed by atoms with Crippen LogP contribution in [0.3, 0.4) is 0 Å². The molecule has 0 bridgehead atoms. The minimum absolute atomic E-state index is 0.0181. The molecule has 27 heavy (non-hydrogen) atoms. The second-order valence-corrected chi connectivity index (χ2v) is 6.60. The van der Waals surface area contributed by atoms with Crippen molar-refractivity contribution in [1.82, 2.24) is 0 Å². The number of hydrogen-bond donors (Lipinski definition) is 0. The fraction of sp³-hybridized carbons (Fsp3) is 0.529. The molecule has 0 spiro atoms. The summed E-state index contributed by atoms with van der Waals surface area (Å²) in [5.74, 6) is -0.868. The zero-order chi connectivity index (χ0) is 20.1. The number of non-ortho nitro benzene ring substituents is 1. The van der Waals surface area contributed by atoms with Crippen LogP contribution in [0.2, 0.25) is 5.02 Å². The second-order valence-electron chi connectivity index (χ2n) is 6.20. The van der Waals surface area contributed by atoms with Crippen LogP contribution >= 0.6 is 11.6 Å². The molecule has 1 aliphatic rings. The van der Waals surface area contributed by atoms with Crippen LogP contribution in [0.5, 0.6) is 5.75 Å². The van der Waals surface area contributed by atoms with E-state index < -0.39 is 35.4 Å². The quantitative estimate of drug-likeness (QED) is 0.406. The molecule has 1 aromatic carbocycles. The zero-order valence-corrected chi connectivity index (χ0v) is 15.8. The van der Waals surface area contributed by atoms with Crippen molar-refractivity contribution >= 4 is 29.2 Å². The molecule has 1 aromatic rings. The molecule has 1 aliphatic heterocycles. The van der Waals surface area contributed by atoms with E-state index in [4.69, 9.17) is 30.5 Å². The van der Waals surface area contributed by atoms with Crippen LogP contribution in [0, 0.1) is 16.0 Å². The van der Waals surface area contributed by atoms with Crippen LogP contribution in [0.1, 0.15) is 27.2 Å². The molecule has 0 saturated carbocycles. The molecule has 148 valence electrons. The SMILES string of the molecule is CC(=O)OCC1O[C@@H](Oc2ccc([N+](=O)[O-])cc2Cl)C(OC(C)=O)C[C@@H]1C. The van der Waals surface area contributed by atoms with E-state index in [1.165, 1.54) is 26.0 Å². The van der Waals surface area contributed by atoms with Crippen molar-refractivity contribution in [3.8, 4) is 5.75 Å². The van der Waals surface area contributed by atoms with Gasteiger partial charge in [-0.1, -0.05) is 18.5 Å². The van der Waals surface area contributed by atoms with Crippen molar-refractivity contribution in [2.75, 3.05) is 6.61 Å². The molecule has 2 rings (SSSR count). The highest BCUT2D eigenvalue weighted by molar-refractivity contribution is 6.32. The monoisotopic (exact) mass is 401 g/mol. The lowest BCUT2D eigenvalue weighted by Gasteiger charge is -2.39.